The summed E-state index contributed by atoms with van der Waals surface area (Å²) in [6.45, 7) is 3.75. The first-order valence-corrected chi connectivity index (χ1v) is 15.2. The lowest BCUT2D eigenvalue weighted by Crippen LogP contribution is -2.29. The molecule has 41 heavy (non-hydrogen) atoms. The lowest BCUT2D eigenvalue weighted by Gasteiger charge is -2.30. The topological polar surface area (TPSA) is 138 Å². The molecule has 0 unspecified atom stereocenters. The number of amidine groups is 2. The number of rotatable bonds is 5. The van der Waals surface area contributed by atoms with Crippen LogP contribution in [0.5, 0.6) is 0 Å². The number of hydrogen-bond acceptors (Lipinski definition) is 9. The average molecular weight is 620 g/mol. The molecule has 0 saturated heterocycles. The van der Waals surface area contributed by atoms with Crippen molar-refractivity contribution in [3.05, 3.63) is 81.6 Å². The molecule has 13 heteroatoms. The number of halogens is 3. The molecule has 2 aromatic carbocycles. The van der Waals surface area contributed by atoms with E-state index in [1.165, 1.54) is 46.4 Å². The number of carbonyl (C=O) groups excluding carboxylic acids is 1. The Kier molecular flexibility index (Phi) is 9.35. The Morgan fingerprint density at radius 1 is 0.927 bits per heavy atom. The van der Waals surface area contributed by atoms with E-state index in [4.69, 9.17) is 28.8 Å². The molecule has 218 valence electrons. The second-order valence-electron chi connectivity index (χ2n) is 10.3. The maximum atomic E-state index is 14.4. The molecule has 1 aromatic heterocycles. The van der Waals surface area contributed by atoms with Crippen LogP contribution in [0.4, 0.5) is 14.5 Å². The molecule has 3 aromatic rings. The first-order valence-electron chi connectivity index (χ1n) is 12.8. The van der Waals surface area contributed by atoms with Gasteiger partial charge in [-0.2, -0.15) is 5.10 Å². The maximum absolute atomic E-state index is 14.4. The predicted octanol–water partition coefficient (Wildman–Crippen LogP) is 5.38. The number of aliphatic imine (C=N–C) groups is 2. The zero-order chi connectivity index (χ0) is 29.9. The second kappa shape index (κ2) is 12.4. The van der Waals surface area contributed by atoms with Gasteiger partial charge in [-0.15, -0.1) is 0 Å². The van der Waals surface area contributed by atoms with Gasteiger partial charge in [0, 0.05) is 47.9 Å². The van der Waals surface area contributed by atoms with E-state index in [2.05, 4.69) is 15.1 Å². The maximum Gasteiger partial charge on any atom is 0.185 e. The zero-order valence-electron chi connectivity index (χ0n) is 23.0. The third kappa shape index (κ3) is 7.22. The van der Waals surface area contributed by atoms with Crippen LogP contribution in [0.1, 0.15) is 53.9 Å². The molecule has 6 N–H and O–H groups in total. The van der Waals surface area contributed by atoms with Crippen molar-refractivity contribution in [3.8, 4) is 0 Å². The Balaban J connectivity index is 0.000000208. The van der Waals surface area contributed by atoms with Crippen LogP contribution in [0.25, 0.3) is 0 Å². The van der Waals surface area contributed by atoms with Gasteiger partial charge in [0.15, 0.2) is 21.3 Å². The Hall–Kier alpha value is -3.09. The van der Waals surface area contributed by atoms with Crippen molar-refractivity contribution in [1.82, 2.24) is 9.78 Å². The van der Waals surface area contributed by atoms with Gasteiger partial charge in [0.1, 0.15) is 17.3 Å². The Bertz CT molecular complexity index is 1530. The molecule has 3 heterocycles. The zero-order valence-corrected chi connectivity index (χ0v) is 25.3. The number of anilines is 1. The number of hydrogen-bond donors (Lipinski definition) is 3. The van der Waals surface area contributed by atoms with Crippen LogP contribution >= 0.6 is 35.1 Å². The molecule has 5 rings (SSSR count). The summed E-state index contributed by atoms with van der Waals surface area (Å²) >= 11 is 8.80. The van der Waals surface area contributed by atoms with E-state index in [-0.39, 0.29) is 29.0 Å². The molecule has 2 aliphatic rings. The Morgan fingerprint density at radius 2 is 1.46 bits per heavy atom. The number of ketones is 1. The summed E-state index contributed by atoms with van der Waals surface area (Å²) in [6, 6.07) is 10.8. The van der Waals surface area contributed by atoms with Crippen molar-refractivity contribution < 1.29 is 13.6 Å². The van der Waals surface area contributed by atoms with E-state index < -0.39 is 11.1 Å². The van der Waals surface area contributed by atoms with Crippen molar-refractivity contribution in [2.24, 2.45) is 28.5 Å². The number of thioether (sulfide) groups is 2. The minimum atomic E-state index is -0.714. The van der Waals surface area contributed by atoms with E-state index in [0.717, 1.165) is 17.9 Å². The van der Waals surface area contributed by atoms with Crippen LogP contribution in [-0.4, -0.2) is 37.4 Å². The van der Waals surface area contributed by atoms with Crippen molar-refractivity contribution in [3.63, 3.8) is 0 Å². The van der Waals surface area contributed by atoms with Crippen LogP contribution < -0.4 is 17.2 Å². The Labute approximate surface area is 251 Å². The number of nitrogens with two attached hydrogens (primary N) is 3. The van der Waals surface area contributed by atoms with E-state index in [1.807, 2.05) is 13.8 Å². The van der Waals surface area contributed by atoms with Crippen molar-refractivity contribution in [2.45, 2.75) is 44.2 Å². The van der Waals surface area contributed by atoms with Crippen LogP contribution in [0.3, 0.4) is 0 Å². The highest BCUT2D eigenvalue weighted by Gasteiger charge is 2.33. The summed E-state index contributed by atoms with van der Waals surface area (Å²) in [7, 11) is 1.66. The van der Waals surface area contributed by atoms with Gasteiger partial charge in [-0.05, 0) is 62.6 Å². The number of Topliss-reactive ketones (excluding diaryl/α,β-unsaturated/α-hetero) is 1. The molecule has 0 saturated carbocycles. The third-order valence-corrected chi connectivity index (χ3v) is 8.85. The number of aromatic nitrogens is 2. The van der Waals surface area contributed by atoms with Crippen molar-refractivity contribution in [2.75, 3.05) is 17.2 Å². The first-order chi connectivity index (χ1) is 19.3. The molecule has 8 nitrogen and oxygen atoms in total. The van der Waals surface area contributed by atoms with Crippen LogP contribution in [0, 0.1) is 11.6 Å². The van der Waals surface area contributed by atoms with Gasteiger partial charge < -0.3 is 17.2 Å². The summed E-state index contributed by atoms with van der Waals surface area (Å²) in [4.78, 5) is 21.3. The molecular weight excluding hydrogens is 588 g/mol. The van der Waals surface area contributed by atoms with Gasteiger partial charge in [0.25, 0.3) is 0 Å². The second-order valence-corrected chi connectivity index (χ2v) is 12.9. The average Bonchev–Trinajstić information content (AvgIpc) is 3.24. The quantitative estimate of drug-likeness (QED) is 0.257. The smallest absolute Gasteiger partial charge is 0.185 e. The standard InChI is InChI=1S/C17H18ClFN4OS.C11H14FN3S/c1-17(5-6-25-16(20)21-17)11-7-10(3-4-12(11)19)8-14(24)13-9-15(18)22-23(13)2;1-11(4-5-16-10(14)15-11)8-6-7(13)2-3-9(8)12/h3-4,7,9H,5-6,8H2,1-2H3,(H2,20,21);2-3,6H,4-5,13H2,1H3,(H2,14,15)/t17-;11-/m00/s1. The Morgan fingerprint density at radius 3 is 1.98 bits per heavy atom. The van der Waals surface area contributed by atoms with Gasteiger partial charge in [-0.25, -0.2) is 8.78 Å². The van der Waals surface area contributed by atoms with Crippen molar-refractivity contribution >= 4 is 56.9 Å². The number of carbonyl (C=O) groups is 1. The molecule has 0 bridgehead atoms. The molecular formula is C28H32ClF2N7OS2. The largest absolute Gasteiger partial charge is 0.399 e. The molecule has 2 atom stereocenters. The van der Waals surface area contributed by atoms with Gasteiger partial charge in [-0.3, -0.25) is 19.5 Å². The summed E-state index contributed by atoms with van der Waals surface area (Å²) in [5, 5.41) is 5.20. The predicted molar refractivity (Wildman–Crippen MR) is 166 cm³/mol. The highest BCUT2D eigenvalue weighted by atomic mass is 35.5. The summed E-state index contributed by atoms with van der Waals surface area (Å²) in [6.07, 6.45) is 1.58. The van der Waals surface area contributed by atoms with E-state index in [9.17, 15) is 13.6 Å². The van der Waals surface area contributed by atoms with Gasteiger partial charge >= 0.3 is 0 Å². The molecule has 0 fully saturated rings. The van der Waals surface area contributed by atoms with E-state index in [0.29, 0.717) is 44.8 Å². The number of nitrogens with zero attached hydrogens (tertiary/aromatic N) is 4. The highest BCUT2D eigenvalue weighted by Crippen LogP contribution is 2.38. The van der Waals surface area contributed by atoms with Crippen LogP contribution in [0.15, 0.2) is 52.4 Å². The van der Waals surface area contributed by atoms with Gasteiger partial charge in [-0.1, -0.05) is 41.2 Å². The monoisotopic (exact) mass is 619 g/mol. The summed E-state index contributed by atoms with van der Waals surface area (Å²) < 4.78 is 29.6. The van der Waals surface area contributed by atoms with E-state index >= 15 is 0 Å². The first kappa shape index (κ1) is 30.9. The fraction of sp³-hybridized carbons (Fsp3) is 0.357. The van der Waals surface area contributed by atoms with Crippen molar-refractivity contribution in [1.29, 1.82) is 0 Å². The fourth-order valence-electron chi connectivity index (χ4n) is 4.78. The third-order valence-electron chi connectivity index (χ3n) is 7.07. The lowest BCUT2D eigenvalue weighted by atomic mass is 9.87. The summed E-state index contributed by atoms with van der Waals surface area (Å²) in [5.74, 6) is 0.875. The molecule has 0 aliphatic carbocycles. The van der Waals surface area contributed by atoms with Gasteiger partial charge in [0.05, 0.1) is 11.1 Å². The van der Waals surface area contributed by atoms with Crippen LogP contribution in [-0.2, 0) is 24.5 Å². The molecule has 0 spiro atoms. The normalized spacial score (nSPS) is 22.3. The summed E-state index contributed by atoms with van der Waals surface area (Å²) in [5.41, 5.74) is 18.6. The number of aryl methyl sites for hydroxylation is 1. The fourth-order valence-corrected chi connectivity index (χ4v) is 6.95. The molecule has 0 radical (unpaired) electrons. The van der Waals surface area contributed by atoms with Gasteiger partial charge in [0.2, 0.25) is 0 Å². The molecule has 2 aliphatic heterocycles. The minimum absolute atomic E-state index is 0.132. The number of nitrogen functional groups attached to an aromatic ring is 1. The minimum Gasteiger partial charge on any atom is -0.399 e. The van der Waals surface area contributed by atoms with Crippen LogP contribution in [0.2, 0.25) is 5.15 Å². The molecule has 0 amide bonds. The SMILES string of the molecule is C[C@@]1(c2cc(N)ccc2F)CCSC(N)=N1.Cn1nc(Cl)cc1C(=O)Cc1ccc(F)c([C@]2(C)CCSC(N)=N2)c1. The lowest BCUT2D eigenvalue weighted by molar-refractivity contribution is 0.0984. The number of benzene rings is 2. The van der Waals surface area contributed by atoms with E-state index in [1.54, 1.807) is 31.3 Å². The highest BCUT2D eigenvalue weighted by molar-refractivity contribution is 8.14.